The Kier molecular flexibility index (Phi) is 3.75. The van der Waals surface area contributed by atoms with Crippen LogP contribution >= 0.6 is 0 Å². The number of aliphatic hydroxyl groups is 1. The van der Waals surface area contributed by atoms with E-state index >= 15 is 0 Å². The average Bonchev–Trinajstić information content (AvgIpc) is 3.09. The fraction of sp³-hybridized carbons (Fsp3) is 0.562. The van der Waals surface area contributed by atoms with Gasteiger partial charge in [0.2, 0.25) is 0 Å². The van der Waals surface area contributed by atoms with Gasteiger partial charge in [0.15, 0.2) is 0 Å². The average molecular weight is 272 g/mol. The molecule has 0 aliphatic carbocycles. The van der Waals surface area contributed by atoms with E-state index < -0.39 is 6.10 Å². The molecule has 0 amide bonds. The van der Waals surface area contributed by atoms with Gasteiger partial charge in [-0.2, -0.15) is 5.26 Å². The molecule has 0 bridgehead atoms. The molecule has 2 saturated heterocycles. The molecule has 4 nitrogen and oxygen atoms in total. The second-order valence-corrected chi connectivity index (χ2v) is 6.04. The molecule has 0 aromatic heterocycles. The highest BCUT2D eigenvalue weighted by atomic mass is 16.5. The molecule has 4 heteroatoms. The van der Waals surface area contributed by atoms with Crippen LogP contribution < -0.4 is 0 Å². The summed E-state index contributed by atoms with van der Waals surface area (Å²) in [6.45, 7) is 4.48. The van der Waals surface area contributed by atoms with Crippen molar-refractivity contribution in [3.63, 3.8) is 0 Å². The lowest BCUT2D eigenvalue weighted by atomic mass is 9.87. The number of hydrogen-bond acceptors (Lipinski definition) is 4. The molecule has 2 unspecified atom stereocenters. The summed E-state index contributed by atoms with van der Waals surface area (Å²) in [4.78, 5) is 2.33. The lowest BCUT2D eigenvalue weighted by molar-refractivity contribution is 0.112. The Hall–Kier alpha value is -1.41. The smallest absolute Gasteiger partial charge is 0.0991 e. The summed E-state index contributed by atoms with van der Waals surface area (Å²) in [6, 6.07) is 9.29. The molecule has 2 fully saturated rings. The van der Waals surface area contributed by atoms with Crippen LogP contribution in [0, 0.1) is 16.7 Å². The van der Waals surface area contributed by atoms with Gasteiger partial charge in [-0.3, -0.25) is 4.90 Å². The molecule has 1 aromatic rings. The largest absolute Gasteiger partial charge is 0.387 e. The van der Waals surface area contributed by atoms with Gasteiger partial charge in [0, 0.05) is 25.1 Å². The van der Waals surface area contributed by atoms with E-state index in [1.54, 1.807) is 12.1 Å². The Balaban J connectivity index is 1.59. The maximum atomic E-state index is 10.3. The minimum absolute atomic E-state index is 0.338. The number of nitrogens with zero attached hydrogens (tertiary/aromatic N) is 2. The highest BCUT2D eigenvalue weighted by Gasteiger charge is 2.41. The molecular weight excluding hydrogens is 252 g/mol. The zero-order chi connectivity index (χ0) is 14.0. The van der Waals surface area contributed by atoms with Crippen molar-refractivity contribution in [1.29, 1.82) is 5.26 Å². The third kappa shape index (κ3) is 2.71. The third-order valence-corrected chi connectivity index (χ3v) is 4.56. The summed E-state index contributed by atoms with van der Waals surface area (Å²) in [5.74, 6) is 0. The highest BCUT2D eigenvalue weighted by molar-refractivity contribution is 5.32. The van der Waals surface area contributed by atoms with E-state index in [-0.39, 0.29) is 0 Å². The number of likely N-dealkylation sites (tertiary alicyclic amines) is 1. The zero-order valence-corrected chi connectivity index (χ0v) is 11.6. The minimum atomic E-state index is -0.486. The molecule has 1 N–H and O–H groups in total. The Morgan fingerprint density at radius 3 is 2.80 bits per heavy atom. The molecule has 1 aromatic carbocycles. The number of nitriles is 1. The normalized spacial score (nSPS) is 27.8. The fourth-order valence-corrected chi connectivity index (χ4v) is 3.28. The van der Waals surface area contributed by atoms with E-state index in [1.165, 1.54) is 6.42 Å². The van der Waals surface area contributed by atoms with Crippen LogP contribution in [0.5, 0.6) is 0 Å². The molecule has 2 aliphatic heterocycles. The van der Waals surface area contributed by atoms with Crippen LogP contribution in [0.4, 0.5) is 0 Å². The number of ether oxygens (including phenoxy) is 1. The molecule has 2 heterocycles. The van der Waals surface area contributed by atoms with Crippen molar-refractivity contribution in [2.45, 2.75) is 18.9 Å². The highest BCUT2D eigenvalue weighted by Crippen LogP contribution is 2.38. The standard InChI is InChI=1S/C16H20N2O2/c17-9-13-1-3-14(4-2-13)15(19)10-18-7-5-16(11-18)6-8-20-12-16/h1-4,15,19H,5-8,10-12H2. The van der Waals surface area contributed by atoms with Crippen molar-refractivity contribution in [1.82, 2.24) is 4.90 Å². The van der Waals surface area contributed by atoms with Crippen molar-refractivity contribution in [2.75, 3.05) is 32.8 Å². The van der Waals surface area contributed by atoms with Gasteiger partial charge in [0.25, 0.3) is 0 Å². The van der Waals surface area contributed by atoms with Gasteiger partial charge >= 0.3 is 0 Å². The first-order valence-corrected chi connectivity index (χ1v) is 7.19. The summed E-state index contributed by atoms with van der Waals surface area (Å²) in [5, 5.41) is 19.1. The molecule has 2 atom stereocenters. The third-order valence-electron chi connectivity index (χ3n) is 4.56. The molecule has 3 rings (SSSR count). The van der Waals surface area contributed by atoms with Crippen LogP contribution in [-0.2, 0) is 4.74 Å². The molecule has 106 valence electrons. The van der Waals surface area contributed by atoms with E-state index in [4.69, 9.17) is 10.00 Å². The summed E-state index contributed by atoms with van der Waals surface area (Å²) in [7, 11) is 0. The predicted molar refractivity (Wildman–Crippen MR) is 75.0 cm³/mol. The van der Waals surface area contributed by atoms with Crippen LogP contribution in [0.2, 0.25) is 0 Å². The summed E-state index contributed by atoms with van der Waals surface area (Å²) < 4.78 is 5.53. The van der Waals surface area contributed by atoms with Crippen molar-refractivity contribution >= 4 is 0 Å². The number of benzene rings is 1. The van der Waals surface area contributed by atoms with Gasteiger partial charge in [-0.15, -0.1) is 0 Å². The van der Waals surface area contributed by atoms with E-state index in [2.05, 4.69) is 11.0 Å². The second kappa shape index (κ2) is 5.53. The number of rotatable bonds is 3. The minimum Gasteiger partial charge on any atom is -0.387 e. The van der Waals surface area contributed by atoms with Crippen LogP contribution in [-0.4, -0.2) is 42.9 Å². The zero-order valence-electron chi connectivity index (χ0n) is 11.6. The van der Waals surface area contributed by atoms with Crippen LogP contribution in [0.1, 0.15) is 30.1 Å². The molecule has 0 radical (unpaired) electrons. The van der Waals surface area contributed by atoms with E-state index in [1.807, 2.05) is 12.1 Å². The van der Waals surface area contributed by atoms with Gasteiger partial charge in [-0.05, 0) is 37.1 Å². The van der Waals surface area contributed by atoms with E-state index in [0.717, 1.165) is 38.3 Å². The number of hydrogen-bond donors (Lipinski definition) is 1. The Bertz CT molecular complexity index is 500. The second-order valence-electron chi connectivity index (χ2n) is 6.04. The Morgan fingerprint density at radius 1 is 1.35 bits per heavy atom. The van der Waals surface area contributed by atoms with E-state index in [0.29, 0.717) is 17.5 Å². The quantitative estimate of drug-likeness (QED) is 0.910. The van der Waals surface area contributed by atoms with Gasteiger partial charge < -0.3 is 9.84 Å². The maximum absolute atomic E-state index is 10.3. The van der Waals surface area contributed by atoms with Gasteiger partial charge in [0.1, 0.15) is 0 Å². The van der Waals surface area contributed by atoms with Crippen molar-refractivity contribution in [3.05, 3.63) is 35.4 Å². The van der Waals surface area contributed by atoms with Crippen LogP contribution in [0.25, 0.3) is 0 Å². The first-order chi connectivity index (χ1) is 9.71. The molecule has 20 heavy (non-hydrogen) atoms. The number of β-amino-alcohol motifs (C(OH)–C–C–N with tert-alkyl or cyclic N) is 1. The summed E-state index contributed by atoms with van der Waals surface area (Å²) in [5.41, 5.74) is 1.85. The van der Waals surface area contributed by atoms with Crippen molar-refractivity contribution < 1.29 is 9.84 Å². The van der Waals surface area contributed by atoms with E-state index in [9.17, 15) is 5.11 Å². The first kappa shape index (κ1) is 13.6. The van der Waals surface area contributed by atoms with Gasteiger partial charge in [-0.1, -0.05) is 12.1 Å². The molecular formula is C16H20N2O2. The number of aliphatic hydroxyl groups excluding tert-OH is 1. The van der Waals surface area contributed by atoms with Crippen molar-refractivity contribution in [2.24, 2.45) is 5.41 Å². The maximum Gasteiger partial charge on any atom is 0.0991 e. The van der Waals surface area contributed by atoms with Gasteiger partial charge in [-0.25, -0.2) is 0 Å². The molecule has 2 aliphatic rings. The molecule has 0 saturated carbocycles. The van der Waals surface area contributed by atoms with Gasteiger partial charge in [0.05, 0.1) is 24.3 Å². The topological polar surface area (TPSA) is 56.5 Å². The monoisotopic (exact) mass is 272 g/mol. The van der Waals surface area contributed by atoms with Crippen molar-refractivity contribution in [3.8, 4) is 6.07 Å². The lowest BCUT2D eigenvalue weighted by Gasteiger charge is -2.24. The predicted octanol–water partition coefficient (Wildman–Crippen LogP) is 1.70. The summed E-state index contributed by atoms with van der Waals surface area (Å²) in [6.07, 6.45) is 1.84. The molecule has 1 spiro atoms. The van der Waals surface area contributed by atoms with Crippen LogP contribution in [0.3, 0.4) is 0 Å². The summed E-state index contributed by atoms with van der Waals surface area (Å²) >= 11 is 0. The Morgan fingerprint density at radius 2 is 2.15 bits per heavy atom. The SMILES string of the molecule is N#Cc1ccc(C(O)CN2CCC3(CCOC3)C2)cc1. The fourth-order valence-electron chi connectivity index (χ4n) is 3.28. The lowest BCUT2D eigenvalue weighted by Crippen LogP contribution is -2.30. The Labute approximate surface area is 119 Å². The van der Waals surface area contributed by atoms with Crippen LogP contribution in [0.15, 0.2) is 24.3 Å². The first-order valence-electron chi connectivity index (χ1n) is 7.19.